The molecule has 31 heavy (non-hydrogen) atoms. The van der Waals surface area contributed by atoms with Gasteiger partial charge in [-0.15, -0.1) is 0 Å². The fourth-order valence-corrected chi connectivity index (χ4v) is 3.47. The minimum atomic E-state index is -4.65. The predicted molar refractivity (Wildman–Crippen MR) is 108 cm³/mol. The Morgan fingerprint density at radius 1 is 1.13 bits per heavy atom. The number of nitrogens with zero attached hydrogens (tertiary/aromatic N) is 5. The number of fused-ring (bicyclic) bond motifs is 1. The Balaban J connectivity index is 1.56. The number of alkyl halides is 3. The summed E-state index contributed by atoms with van der Waals surface area (Å²) in [7, 11) is 0. The van der Waals surface area contributed by atoms with Crippen molar-refractivity contribution < 1.29 is 18.0 Å². The maximum Gasteiger partial charge on any atom is 0.433 e. The second kappa shape index (κ2) is 7.86. The van der Waals surface area contributed by atoms with Gasteiger partial charge >= 0.3 is 6.18 Å². The van der Waals surface area contributed by atoms with Gasteiger partial charge in [-0.3, -0.25) is 9.48 Å². The Morgan fingerprint density at radius 3 is 2.52 bits per heavy atom. The highest BCUT2D eigenvalue weighted by molar-refractivity contribution is 6.35. The lowest BCUT2D eigenvalue weighted by atomic mass is 10.2. The fourth-order valence-electron chi connectivity index (χ4n) is 2.96. The zero-order chi connectivity index (χ0) is 22.3. The van der Waals surface area contributed by atoms with E-state index in [1.165, 1.54) is 23.7 Å². The molecule has 0 unspecified atom stereocenters. The largest absolute Gasteiger partial charge is 0.433 e. The minimum Gasteiger partial charge on any atom is -0.304 e. The van der Waals surface area contributed by atoms with E-state index >= 15 is 0 Å². The van der Waals surface area contributed by atoms with Crippen LogP contribution in [0.2, 0.25) is 10.0 Å². The van der Waals surface area contributed by atoms with Crippen LogP contribution in [-0.4, -0.2) is 30.3 Å². The normalized spacial score (nSPS) is 11.8. The summed E-state index contributed by atoms with van der Waals surface area (Å²) in [6.07, 6.45) is -3.05. The molecule has 3 aromatic heterocycles. The Morgan fingerprint density at radius 2 is 1.84 bits per heavy atom. The van der Waals surface area contributed by atoms with Crippen LogP contribution in [0, 0.1) is 6.92 Å². The number of aryl methyl sites for hydroxylation is 1. The van der Waals surface area contributed by atoms with Crippen molar-refractivity contribution in [3.63, 3.8) is 0 Å². The lowest BCUT2D eigenvalue weighted by Gasteiger charge is -2.09. The number of hydrogen-bond donors (Lipinski definition) is 1. The summed E-state index contributed by atoms with van der Waals surface area (Å²) in [5, 5.41) is 11.4. The third-order valence-corrected chi connectivity index (χ3v) is 5.05. The number of halogens is 5. The lowest BCUT2D eigenvalue weighted by Crippen LogP contribution is -2.16. The first kappa shape index (κ1) is 21.1. The number of carbonyl (C=O) groups is 1. The van der Waals surface area contributed by atoms with E-state index in [-0.39, 0.29) is 29.4 Å². The van der Waals surface area contributed by atoms with E-state index in [0.29, 0.717) is 20.1 Å². The van der Waals surface area contributed by atoms with E-state index in [0.717, 1.165) is 6.07 Å². The summed E-state index contributed by atoms with van der Waals surface area (Å²) in [6, 6.07) is 8.69. The quantitative estimate of drug-likeness (QED) is 0.463. The SMILES string of the molecule is Cc1cc(C(F)(F)F)n2nc(C(=O)Nc3ccn(Cc4c(Cl)cccc4Cl)n3)cc2n1. The van der Waals surface area contributed by atoms with Crippen LogP contribution < -0.4 is 5.32 Å². The number of aromatic nitrogens is 5. The molecule has 160 valence electrons. The number of rotatable bonds is 4. The van der Waals surface area contributed by atoms with Gasteiger partial charge in [-0.25, -0.2) is 9.50 Å². The van der Waals surface area contributed by atoms with Gasteiger partial charge in [0, 0.05) is 39.6 Å². The maximum absolute atomic E-state index is 13.3. The molecule has 3 heterocycles. The third kappa shape index (κ3) is 4.35. The van der Waals surface area contributed by atoms with Crippen LogP contribution in [0.3, 0.4) is 0 Å². The zero-order valence-electron chi connectivity index (χ0n) is 15.8. The number of hydrogen-bond acceptors (Lipinski definition) is 4. The molecule has 0 fully saturated rings. The molecule has 0 saturated heterocycles. The molecule has 4 aromatic rings. The molecule has 0 aliphatic carbocycles. The molecule has 0 aliphatic heterocycles. The van der Waals surface area contributed by atoms with E-state index in [4.69, 9.17) is 23.2 Å². The van der Waals surface area contributed by atoms with Crippen LogP contribution in [0.25, 0.3) is 5.65 Å². The van der Waals surface area contributed by atoms with Crippen molar-refractivity contribution in [2.45, 2.75) is 19.6 Å². The van der Waals surface area contributed by atoms with Gasteiger partial charge in [-0.05, 0) is 25.1 Å². The summed E-state index contributed by atoms with van der Waals surface area (Å²) in [5.41, 5.74) is -0.518. The average Bonchev–Trinajstić information content (AvgIpc) is 3.30. The number of nitrogens with one attached hydrogen (secondary N) is 1. The van der Waals surface area contributed by atoms with Crippen LogP contribution in [0.5, 0.6) is 0 Å². The van der Waals surface area contributed by atoms with E-state index in [9.17, 15) is 18.0 Å². The van der Waals surface area contributed by atoms with Crippen LogP contribution in [-0.2, 0) is 12.7 Å². The molecule has 0 bridgehead atoms. The first-order chi connectivity index (χ1) is 14.6. The Hall–Kier alpha value is -3.11. The van der Waals surface area contributed by atoms with Crippen LogP contribution in [0.15, 0.2) is 42.6 Å². The van der Waals surface area contributed by atoms with Gasteiger partial charge in [0.2, 0.25) is 0 Å². The first-order valence-corrected chi connectivity index (χ1v) is 9.60. The summed E-state index contributed by atoms with van der Waals surface area (Å²) in [6.45, 7) is 1.70. The molecule has 12 heteroatoms. The fraction of sp³-hybridized carbons (Fsp3) is 0.158. The van der Waals surface area contributed by atoms with Crippen molar-refractivity contribution in [1.29, 1.82) is 0 Å². The number of carbonyl (C=O) groups excluding carboxylic acids is 1. The van der Waals surface area contributed by atoms with E-state index in [1.54, 1.807) is 24.4 Å². The van der Waals surface area contributed by atoms with Crippen molar-refractivity contribution in [1.82, 2.24) is 24.4 Å². The lowest BCUT2D eigenvalue weighted by molar-refractivity contribution is -0.142. The molecule has 7 nitrogen and oxygen atoms in total. The average molecular weight is 469 g/mol. The summed E-state index contributed by atoms with van der Waals surface area (Å²) < 4.78 is 41.9. The standard InChI is InChI=1S/C19H13Cl2F3N6O/c1-10-7-15(19(22,23)24)30-17(25-10)8-14(27-30)18(31)26-16-5-6-29(28-16)9-11-12(20)3-2-4-13(11)21/h2-8H,9H2,1H3,(H,26,28,31). The zero-order valence-corrected chi connectivity index (χ0v) is 17.3. The van der Waals surface area contributed by atoms with Crippen molar-refractivity contribution in [2.24, 2.45) is 0 Å². The predicted octanol–water partition coefficient (Wildman–Crippen LogP) is 4.86. The van der Waals surface area contributed by atoms with Gasteiger partial charge in [-0.1, -0.05) is 29.3 Å². The van der Waals surface area contributed by atoms with Crippen molar-refractivity contribution in [2.75, 3.05) is 5.32 Å². The Kier molecular flexibility index (Phi) is 5.36. The number of anilines is 1. The summed E-state index contributed by atoms with van der Waals surface area (Å²) in [5.74, 6) is -0.539. The van der Waals surface area contributed by atoms with Gasteiger partial charge in [0.1, 0.15) is 5.69 Å². The Labute approximate surface area is 183 Å². The van der Waals surface area contributed by atoms with Gasteiger partial charge in [0.05, 0.1) is 6.54 Å². The maximum atomic E-state index is 13.3. The molecule has 0 radical (unpaired) electrons. The topological polar surface area (TPSA) is 77.1 Å². The van der Waals surface area contributed by atoms with Crippen molar-refractivity contribution >= 4 is 40.6 Å². The summed E-state index contributed by atoms with van der Waals surface area (Å²) in [4.78, 5) is 16.5. The number of amides is 1. The molecule has 0 atom stereocenters. The highest BCUT2D eigenvalue weighted by Crippen LogP contribution is 2.30. The molecule has 0 spiro atoms. The van der Waals surface area contributed by atoms with E-state index in [2.05, 4.69) is 20.5 Å². The second-order valence-electron chi connectivity index (χ2n) is 6.63. The molecule has 4 rings (SSSR count). The van der Waals surface area contributed by atoms with Crippen LogP contribution >= 0.6 is 23.2 Å². The van der Waals surface area contributed by atoms with Gasteiger partial charge in [0.25, 0.3) is 5.91 Å². The Bertz CT molecular complexity index is 1280. The second-order valence-corrected chi connectivity index (χ2v) is 7.45. The van der Waals surface area contributed by atoms with Crippen molar-refractivity contribution in [3.05, 3.63) is 75.3 Å². The van der Waals surface area contributed by atoms with Crippen molar-refractivity contribution in [3.8, 4) is 0 Å². The highest BCUT2D eigenvalue weighted by atomic mass is 35.5. The highest BCUT2D eigenvalue weighted by Gasteiger charge is 2.35. The smallest absolute Gasteiger partial charge is 0.304 e. The summed E-state index contributed by atoms with van der Waals surface area (Å²) >= 11 is 12.3. The monoisotopic (exact) mass is 468 g/mol. The van der Waals surface area contributed by atoms with Gasteiger partial charge < -0.3 is 5.32 Å². The van der Waals surface area contributed by atoms with Gasteiger partial charge in [0.15, 0.2) is 17.2 Å². The van der Waals surface area contributed by atoms with E-state index in [1.807, 2.05) is 0 Å². The molecule has 1 aromatic carbocycles. The van der Waals surface area contributed by atoms with Crippen LogP contribution in [0.1, 0.15) is 27.4 Å². The number of benzene rings is 1. The molecular weight excluding hydrogens is 456 g/mol. The first-order valence-electron chi connectivity index (χ1n) is 8.84. The minimum absolute atomic E-state index is 0.0867. The third-order valence-electron chi connectivity index (χ3n) is 4.34. The van der Waals surface area contributed by atoms with Gasteiger partial charge in [-0.2, -0.15) is 23.4 Å². The van der Waals surface area contributed by atoms with E-state index < -0.39 is 17.8 Å². The molecule has 1 N–H and O–H groups in total. The van der Waals surface area contributed by atoms with Crippen LogP contribution in [0.4, 0.5) is 19.0 Å². The molecular formula is C19H13Cl2F3N6O. The molecule has 0 saturated carbocycles. The molecule has 0 aliphatic rings. The molecule has 1 amide bonds.